The second-order valence-corrected chi connectivity index (χ2v) is 6.76. The first kappa shape index (κ1) is 17.8. The molecule has 0 spiro atoms. The van der Waals surface area contributed by atoms with Crippen molar-refractivity contribution in [3.05, 3.63) is 23.0 Å². The molecular formula is C18H26N4O3. The van der Waals surface area contributed by atoms with Crippen LogP contribution in [0.15, 0.2) is 10.6 Å². The van der Waals surface area contributed by atoms with Crippen LogP contribution < -0.4 is 5.32 Å². The van der Waals surface area contributed by atoms with E-state index in [1.165, 1.54) is 0 Å². The maximum Gasteiger partial charge on any atom is 0.259 e. The predicted octanol–water partition coefficient (Wildman–Crippen LogP) is 2.11. The van der Waals surface area contributed by atoms with Crippen molar-refractivity contribution in [2.75, 3.05) is 39.4 Å². The van der Waals surface area contributed by atoms with Gasteiger partial charge in [-0.15, -0.1) is 0 Å². The molecule has 0 aliphatic carbocycles. The lowest BCUT2D eigenvalue weighted by atomic mass is 10.0. The molecule has 0 saturated carbocycles. The van der Waals surface area contributed by atoms with Crippen molar-refractivity contribution in [1.29, 1.82) is 0 Å². The molecule has 0 unspecified atom stereocenters. The lowest BCUT2D eigenvalue weighted by molar-refractivity contribution is 0.0374. The summed E-state index contributed by atoms with van der Waals surface area (Å²) < 4.78 is 10.6. The van der Waals surface area contributed by atoms with Crippen molar-refractivity contribution >= 4 is 17.0 Å². The number of amides is 1. The van der Waals surface area contributed by atoms with E-state index in [9.17, 15) is 4.79 Å². The van der Waals surface area contributed by atoms with Crippen molar-refractivity contribution in [3.8, 4) is 0 Å². The summed E-state index contributed by atoms with van der Waals surface area (Å²) >= 11 is 0. The van der Waals surface area contributed by atoms with E-state index in [2.05, 4.69) is 20.4 Å². The van der Waals surface area contributed by atoms with Crippen LogP contribution in [0.1, 0.15) is 47.9 Å². The number of carbonyl (C=O) groups excluding carboxylic acids is 1. The van der Waals surface area contributed by atoms with Gasteiger partial charge in [0.05, 0.1) is 29.9 Å². The maximum atomic E-state index is 12.7. The quantitative estimate of drug-likeness (QED) is 0.807. The first-order valence-electron chi connectivity index (χ1n) is 8.91. The van der Waals surface area contributed by atoms with Gasteiger partial charge in [0.25, 0.3) is 11.6 Å². The predicted molar refractivity (Wildman–Crippen MR) is 94.8 cm³/mol. The van der Waals surface area contributed by atoms with E-state index in [0.717, 1.165) is 45.0 Å². The van der Waals surface area contributed by atoms with Gasteiger partial charge in [0.15, 0.2) is 0 Å². The Labute approximate surface area is 147 Å². The Balaban J connectivity index is 1.65. The second kappa shape index (κ2) is 7.93. The van der Waals surface area contributed by atoms with Crippen LogP contribution in [0.4, 0.5) is 0 Å². The third-order valence-corrected chi connectivity index (χ3v) is 4.51. The molecule has 7 nitrogen and oxygen atoms in total. The second-order valence-electron chi connectivity index (χ2n) is 6.76. The number of hydrogen-bond acceptors (Lipinski definition) is 6. The molecule has 7 heteroatoms. The van der Waals surface area contributed by atoms with Crippen LogP contribution in [0.5, 0.6) is 0 Å². The number of pyridine rings is 1. The number of morpholine rings is 1. The van der Waals surface area contributed by atoms with Crippen LogP contribution in [-0.4, -0.2) is 60.3 Å². The molecule has 1 N–H and O–H groups in total. The summed E-state index contributed by atoms with van der Waals surface area (Å²) in [6, 6.07) is 1.86. The average molecular weight is 346 g/mol. The number of carbonyl (C=O) groups is 1. The standard InChI is InChI=1S/C18H26N4O3/c1-12(2)15-11-14(16-13(3)21-25-18(16)20-15)17(23)19-5-4-6-22-7-9-24-10-8-22/h11-12H,4-10H2,1-3H3,(H,19,23). The Morgan fingerprint density at radius 2 is 2.12 bits per heavy atom. The lowest BCUT2D eigenvalue weighted by Gasteiger charge is -2.26. The monoisotopic (exact) mass is 346 g/mol. The van der Waals surface area contributed by atoms with Crippen LogP contribution in [0.3, 0.4) is 0 Å². The van der Waals surface area contributed by atoms with Gasteiger partial charge in [-0.3, -0.25) is 9.69 Å². The van der Waals surface area contributed by atoms with Crippen LogP contribution >= 0.6 is 0 Å². The van der Waals surface area contributed by atoms with Gasteiger partial charge in [0.2, 0.25) is 0 Å². The smallest absolute Gasteiger partial charge is 0.259 e. The van der Waals surface area contributed by atoms with Crippen LogP contribution in [0.2, 0.25) is 0 Å². The van der Waals surface area contributed by atoms with E-state index in [4.69, 9.17) is 9.26 Å². The summed E-state index contributed by atoms with van der Waals surface area (Å²) in [4.78, 5) is 19.5. The Morgan fingerprint density at radius 1 is 1.36 bits per heavy atom. The third kappa shape index (κ3) is 4.16. The Bertz CT molecular complexity index is 735. The fourth-order valence-electron chi connectivity index (χ4n) is 3.01. The van der Waals surface area contributed by atoms with Crippen molar-refractivity contribution in [2.45, 2.75) is 33.1 Å². The summed E-state index contributed by atoms with van der Waals surface area (Å²) in [5, 5.41) is 7.68. The number of aromatic nitrogens is 2. The number of hydrogen-bond donors (Lipinski definition) is 1. The van der Waals surface area contributed by atoms with E-state index >= 15 is 0 Å². The minimum absolute atomic E-state index is 0.0948. The highest BCUT2D eigenvalue weighted by Crippen LogP contribution is 2.25. The molecule has 3 rings (SSSR count). The van der Waals surface area contributed by atoms with E-state index in [0.29, 0.717) is 28.9 Å². The summed E-state index contributed by atoms with van der Waals surface area (Å²) in [6.45, 7) is 11.1. The molecule has 0 bridgehead atoms. The van der Waals surface area contributed by atoms with Gasteiger partial charge >= 0.3 is 0 Å². The first-order valence-corrected chi connectivity index (χ1v) is 8.91. The zero-order chi connectivity index (χ0) is 17.8. The Hall–Kier alpha value is -1.99. The van der Waals surface area contributed by atoms with Crippen molar-refractivity contribution in [3.63, 3.8) is 0 Å². The number of fused-ring (bicyclic) bond motifs is 1. The third-order valence-electron chi connectivity index (χ3n) is 4.51. The van der Waals surface area contributed by atoms with Crippen LogP contribution in [0, 0.1) is 6.92 Å². The van der Waals surface area contributed by atoms with Gasteiger partial charge in [-0.25, -0.2) is 4.98 Å². The molecule has 1 aliphatic heterocycles. The maximum absolute atomic E-state index is 12.7. The Morgan fingerprint density at radius 3 is 2.84 bits per heavy atom. The van der Waals surface area contributed by atoms with Gasteiger partial charge in [-0.2, -0.15) is 0 Å². The van der Waals surface area contributed by atoms with Gasteiger partial charge in [-0.05, 0) is 31.9 Å². The molecule has 25 heavy (non-hydrogen) atoms. The summed E-state index contributed by atoms with van der Waals surface area (Å²) in [7, 11) is 0. The fraction of sp³-hybridized carbons (Fsp3) is 0.611. The zero-order valence-electron chi connectivity index (χ0n) is 15.2. The van der Waals surface area contributed by atoms with Gasteiger partial charge in [0, 0.05) is 25.3 Å². The summed E-state index contributed by atoms with van der Waals surface area (Å²) in [6.07, 6.45) is 0.916. The van der Waals surface area contributed by atoms with Crippen molar-refractivity contribution in [1.82, 2.24) is 20.4 Å². The molecule has 1 fully saturated rings. The number of ether oxygens (including phenoxy) is 1. The van der Waals surface area contributed by atoms with Crippen molar-refractivity contribution in [2.24, 2.45) is 0 Å². The molecule has 1 aliphatic rings. The fourth-order valence-corrected chi connectivity index (χ4v) is 3.01. The molecular weight excluding hydrogens is 320 g/mol. The van der Waals surface area contributed by atoms with E-state index in [-0.39, 0.29) is 11.8 Å². The normalized spacial score (nSPS) is 15.8. The van der Waals surface area contributed by atoms with E-state index in [1.54, 1.807) is 0 Å². The molecule has 2 aromatic heterocycles. The van der Waals surface area contributed by atoms with E-state index < -0.39 is 0 Å². The Kier molecular flexibility index (Phi) is 5.65. The summed E-state index contributed by atoms with van der Waals surface area (Å²) in [5.74, 6) is 0.116. The van der Waals surface area contributed by atoms with Crippen molar-refractivity contribution < 1.29 is 14.1 Å². The van der Waals surface area contributed by atoms with Gasteiger partial charge in [-0.1, -0.05) is 19.0 Å². The molecule has 0 radical (unpaired) electrons. The number of nitrogens with zero attached hydrogens (tertiary/aromatic N) is 3. The topological polar surface area (TPSA) is 80.5 Å². The molecule has 2 aromatic rings. The molecule has 1 saturated heterocycles. The number of aryl methyl sites for hydroxylation is 1. The molecule has 0 atom stereocenters. The molecule has 0 aromatic carbocycles. The minimum atomic E-state index is -0.0948. The van der Waals surface area contributed by atoms with Gasteiger partial charge in [0.1, 0.15) is 0 Å². The molecule has 3 heterocycles. The SMILES string of the molecule is Cc1noc2nc(C(C)C)cc(C(=O)NCCCN3CCOCC3)c12. The minimum Gasteiger partial charge on any atom is -0.379 e. The highest BCUT2D eigenvalue weighted by molar-refractivity contribution is 6.06. The highest BCUT2D eigenvalue weighted by Gasteiger charge is 2.19. The number of nitrogens with one attached hydrogen (secondary N) is 1. The van der Waals surface area contributed by atoms with E-state index in [1.807, 2.05) is 26.8 Å². The van der Waals surface area contributed by atoms with Crippen LogP contribution in [0.25, 0.3) is 11.1 Å². The zero-order valence-corrected chi connectivity index (χ0v) is 15.2. The average Bonchev–Trinajstić information content (AvgIpc) is 3.00. The molecule has 1 amide bonds. The first-order chi connectivity index (χ1) is 12.1. The molecule has 136 valence electrons. The summed E-state index contributed by atoms with van der Waals surface area (Å²) in [5.41, 5.74) is 2.55. The van der Waals surface area contributed by atoms with Gasteiger partial charge < -0.3 is 14.6 Å². The largest absolute Gasteiger partial charge is 0.379 e. The number of rotatable bonds is 6. The lowest BCUT2D eigenvalue weighted by Crippen LogP contribution is -2.38. The van der Waals surface area contributed by atoms with Crippen LogP contribution in [-0.2, 0) is 4.74 Å². The highest BCUT2D eigenvalue weighted by atomic mass is 16.5.